The minimum Gasteiger partial charge on any atom is -0.332 e. The summed E-state index contributed by atoms with van der Waals surface area (Å²) in [5.74, 6) is 1.42. The average Bonchev–Trinajstić information content (AvgIpc) is 3.17. The lowest BCUT2D eigenvalue weighted by atomic mass is 9.95. The quantitative estimate of drug-likeness (QED) is 0.845. The van der Waals surface area contributed by atoms with Gasteiger partial charge >= 0.3 is 0 Å². The Morgan fingerprint density at radius 3 is 3.00 bits per heavy atom. The van der Waals surface area contributed by atoms with Crippen LogP contribution in [0.5, 0.6) is 0 Å². The highest BCUT2D eigenvalue weighted by Crippen LogP contribution is 2.26. The van der Waals surface area contributed by atoms with Gasteiger partial charge in [-0.2, -0.15) is 5.10 Å². The third-order valence-electron chi connectivity index (χ3n) is 6.16. The van der Waals surface area contributed by atoms with Gasteiger partial charge in [-0.25, -0.2) is 9.97 Å². The van der Waals surface area contributed by atoms with Crippen LogP contribution in [0.1, 0.15) is 70.4 Å². The van der Waals surface area contributed by atoms with Gasteiger partial charge in [-0.05, 0) is 45.1 Å². The van der Waals surface area contributed by atoms with Crippen molar-refractivity contribution in [1.82, 2.24) is 30.4 Å². The first kappa shape index (κ1) is 16.9. The highest BCUT2D eigenvalue weighted by molar-refractivity contribution is 5.94. The van der Waals surface area contributed by atoms with Crippen LogP contribution in [0.3, 0.4) is 0 Å². The number of H-pyrrole nitrogens is 1. The summed E-state index contributed by atoms with van der Waals surface area (Å²) in [6, 6.07) is 0. The van der Waals surface area contributed by atoms with E-state index in [0.29, 0.717) is 24.7 Å². The number of carbonyl (C=O) groups excluding carboxylic acids is 1. The minimum atomic E-state index is 0.0422. The molecule has 7 heteroatoms. The predicted octanol–water partition coefficient (Wildman–Crippen LogP) is 1.74. The molecule has 1 aliphatic carbocycles. The van der Waals surface area contributed by atoms with E-state index < -0.39 is 0 Å². The molecule has 0 radical (unpaired) electrons. The maximum Gasteiger partial charge on any atom is 0.274 e. The summed E-state index contributed by atoms with van der Waals surface area (Å²) >= 11 is 0. The highest BCUT2D eigenvalue weighted by atomic mass is 16.2. The molecule has 0 saturated carbocycles. The van der Waals surface area contributed by atoms with E-state index in [1.54, 1.807) is 0 Å². The van der Waals surface area contributed by atoms with Crippen molar-refractivity contribution in [2.45, 2.75) is 57.4 Å². The molecule has 5 rings (SSSR count). The van der Waals surface area contributed by atoms with Crippen molar-refractivity contribution < 1.29 is 4.79 Å². The second kappa shape index (κ2) is 7.03. The first-order valence-electron chi connectivity index (χ1n) is 10.2. The molecule has 0 spiro atoms. The van der Waals surface area contributed by atoms with Gasteiger partial charge in [0, 0.05) is 55.0 Å². The smallest absolute Gasteiger partial charge is 0.274 e. The third-order valence-corrected chi connectivity index (χ3v) is 6.16. The molecular weight excluding hydrogens is 340 g/mol. The Labute approximate surface area is 159 Å². The van der Waals surface area contributed by atoms with Crippen molar-refractivity contribution >= 4 is 5.91 Å². The molecule has 1 saturated heterocycles. The number of hydrogen-bond acceptors (Lipinski definition) is 5. The largest absolute Gasteiger partial charge is 0.332 e. The maximum absolute atomic E-state index is 13.1. The number of fused-ring (bicyclic) bond motifs is 2. The molecule has 0 bridgehead atoms. The molecule has 0 aromatic carbocycles. The van der Waals surface area contributed by atoms with E-state index in [4.69, 9.17) is 4.98 Å². The zero-order valence-electron chi connectivity index (χ0n) is 15.6. The molecule has 27 heavy (non-hydrogen) atoms. The number of nitrogens with zero attached hydrogens (tertiary/aromatic N) is 4. The van der Waals surface area contributed by atoms with Gasteiger partial charge < -0.3 is 10.2 Å². The van der Waals surface area contributed by atoms with Crippen LogP contribution < -0.4 is 5.32 Å². The number of nitrogens with one attached hydrogen (secondary N) is 2. The fraction of sp³-hybridized carbons (Fsp3) is 0.600. The molecule has 2 aliphatic heterocycles. The summed E-state index contributed by atoms with van der Waals surface area (Å²) in [6.07, 6.45) is 9.35. The first-order valence-corrected chi connectivity index (χ1v) is 10.2. The number of rotatable bonds is 2. The Morgan fingerprint density at radius 1 is 1.19 bits per heavy atom. The predicted molar refractivity (Wildman–Crippen MR) is 101 cm³/mol. The molecule has 1 amide bonds. The van der Waals surface area contributed by atoms with Gasteiger partial charge in [-0.15, -0.1) is 0 Å². The lowest BCUT2D eigenvalue weighted by Gasteiger charge is -2.29. The van der Waals surface area contributed by atoms with Crippen LogP contribution in [0.25, 0.3) is 0 Å². The summed E-state index contributed by atoms with van der Waals surface area (Å²) in [6.45, 7) is 3.34. The number of aryl methyl sites for hydroxylation is 1. The van der Waals surface area contributed by atoms with Gasteiger partial charge in [0.05, 0.1) is 5.69 Å². The second-order valence-corrected chi connectivity index (χ2v) is 7.96. The highest BCUT2D eigenvalue weighted by Gasteiger charge is 2.29. The van der Waals surface area contributed by atoms with E-state index in [2.05, 4.69) is 20.5 Å². The second-order valence-electron chi connectivity index (χ2n) is 7.96. The van der Waals surface area contributed by atoms with Gasteiger partial charge in [0.25, 0.3) is 5.91 Å². The molecule has 2 aromatic heterocycles. The molecule has 2 aromatic rings. The summed E-state index contributed by atoms with van der Waals surface area (Å²) in [7, 11) is 0. The number of amides is 1. The SMILES string of the molecule is O=C(c1n[nH]c2c1CCCC2)N1CCc2nc(C3CCCNC3)ncc2C1. The number of aromatic amines is 1. The molecule has 4 heterocycles. The Morgan fingerprint density at radius 2 is 2.11 bits per heavy atom. The average molecular weight is 366 g/mol. The summed E-state index contributed by atoms with van der Waals surface area (Å²) in [5, 5.41) is 10.9. The minimum absolute atomic E-state index is 0.0422. The number of hydrogen-bond donors (Lipinski definition) is 2. The lowest BCUT2D eigenvalue weighted by Crippen LogP contribution is -2.37. The summed E-state index contributed by atoms with van der Waals surface area (Å²) in [5.41, 5.74) is 5.09. The number of aromatic nitrogens is 4. The Balaban J connectivity index is 1.33. The zero-order valence-corrected chi connectivity index (χ0v) is 15.6. The van der Waals surface area contributed by atoms with Gasteiger partial charge in [-0.1, -0.05) is 0 Å². The molecular formula is C20H26N6O. The van der Waals surface area contributed by atoms with Crippen molar-refractivity contribution in [2.75, 3.05) is 19.6 Å². The van der Waals surface area contributed by atoms with Gasteiger partial charge in [-0.3, -0.25) is 9.89 Å². The lowest BCUT2D eigenvalue weighted by molar-refractivity contribution is 0.0726. The Bertz CT molecular complexity index is 854. The first-order chi connectivity index (χ1) is 13.3. The van der Waals surface area contributed by atoms with E-state index in [0.717, 1.165) is 73.5 Å². The Hall–Kier alpha value is -2.28. The molecule has 1 fully saturated rings. The van der Waals surface area contributed by atoms with Crippen molar-refractivity contribution in [3.63, 3.8) is 0 Å². The third kappa shape index (κ3) is 3.14. The van der Waals surface area contributed by atoms with E-state index in [1.807, 2.05) is 11.1 Å². The fourth-order valence-electron chi connectivity index (χ4n) is 4.58. The van der Waals surface area contributed by atoms with Crippen molar-refractivity contribution in [3.8, 4) is 0 Å². The summed E-state index contributed by atoms with van der Waals surface area (Å²) < 4.78 is 0. The standard InChI is InChI=1S/C20H26N6O/c27-20(18-15-5-1-2-6-17(15)24-25-18)26-9-7-16-14(12-26)11-22-19(23-16)13-4-3-8-21-10-13/h11,13,21H,1-10,12H2,(H,24,25). The molecule has 7 nitrogen and oxygen atoms in total. The van der Waals surface area contributed by atoms with Crippen LogP contribution in [0, 0.1) is 0 Å². The molecule has 1 unspecified atom stereocenters. The number of carbonyl (C=O) groups is 1. The van der Waals surface area contributed by atoms with Crippen molar-refractivity contribution in [1.29, 1.82) is 0 Å². The van der Waals surface area contributed by atoms with E-state index in [-0.39, 0.29) is 5.91 Å². The van der Waals surface area contributed by atoms with Crippen molar-refractivity contribution in [2.24, 2.45) is 0 Å². The monoisotopic (exact) mass is 366 g/mol. The maximum atomic E-state index is 13.1. The summed E-state index contributed by atoms with van der Waals surface area (Å²) in [4.78, 5) is 24.4. The topological polar surface area (TPSA) is 86.8 Å². The van der Waals surface area contributed by atoms with Gasteiger partial charge in [0.1, 0.15) is 5.82 Å². The van der Waals surface area contributed by atoms with Gasteiger partial charge in [0.2, 0.25) is 0 Å². The molecule has 3 aliphatic rings. The van der Waals surface area contributed by atoms with E-state index in [1.165, 1.54) is 12.8 Å². The van der Waals surface area contributed by atoms with Crippen LogP contribution in [0.15, 0.2) is 6.20 Å². The van der Waals surface area contributed by atoms with E-state index in [9.17, 15) is 4.79 Å². The Kier molecular flexibility index (Phi) is 4.39. The normalized spacial score (nSPS) is 22.2. The fourth-order valence-corrected chi connectivity index (χ4v) is 4.58. The molecule has 1 atom stereocenters. The van der Waals surface area contributed by atoms with Crippen LogP contribution in [-0.2, 0) is 25.8 Å². The van der Waals surface area contributed by atoms with Crippen LogP contribution in [0.4, 0.5) is 0 Å². The number of piperidine rings is 1. The van der Waals surface area contributed by atoms with Crippen LogP contribution in [0.2, 0.25) is 0 Å². The molecule has 2 N–H and O–H groups in total. The van der Waals surface area contributed by atoms with E-state index >= 15 is 0 Å². The zero-order chi connectivity index (χ0) is 18.2. The van der Waals surface area contributed by atoms with Gasteiger partial charge in [0.15, 0.2) is 5.69 Å². The van der Waals surface area contributed by atoms with Crippen molar-refractivity contribution in [3.05, 3.63) is 40.2 Å². The van der Waals surface area contributed by atoms with Crippen LogP contribution >= 0.6 is 0 Å². The van der Waals surface area contributed by atoms with Crippen LogP contribution in [-0.4, -0.2) is 50.6 Å². The molecule has 142 valence electrons.